The second-order valence-electron chi connectivity index (χ2n) is 4.97. The van der Waals surface area contributed by atoms with Gasteiger partial charge >= 0.3 is 0 Å². The number of hydrogen-bond acceptors (Lipinski definition) is 5. The number of rotatable bonds is 5. The molecule has 6 nitrogen and oxygen atoms in total. The lowest BCUT2D eigenvalue weighted by atomic mass is 10.2. The van der Waals surface area contributed by atoms with Crippen molar-refractivity contribution < 1.29 is 4.79 Å². The monoisotopic (exact) mass is 325 g/mol. The lowest BCUT2D eigenvalue weighted by molar-refractivity contribution is -0.115. The van der Waals surface area contributed by atoms with E-state index in [1.54, 1.807) is 12.4 Å². The maximum absolute atomic E-state index is 11.1. The minimum absolute atomic E-state index is 0.153. The van der Waals surface area contributed by atoms with Gasteiger partial charge < -0.3 is 5.73 Å². The molecule has 0 unspecified atom stereocenters. The van der Waals surface area contributed by atoms with Gasteiger partial charge in [-0.1, -0.05) is 29.5 Å². The molecule has 0 radical (unpaired) electrons. The highest BCUT2D eigenvalue weighted by Gasteiger charge is 2.16. The van der Waals surface area contributed by atoms with Gasteiger partial charge in [-0.05, 0) is 31.2 Å². The van der Waals surface area contributed by atoms with Crippen LogP contribution in [-0.4, -0.2) is 31.4 Å². The molecule has 23 heavy (non-hydrogen) atoms. The lowest BCUT2D eigenvalue weighted by Gasteiger charge is -2.10. The summed E-state index contributed by atoms with van der Waals surface area (Å²) < 4.78 is 1.92. The van der Waals surface area contributed by atoms with Crippen molar-refractivity contribution in [2.24, 2.45) is 5.73 Å². The molecule has 0 aliphatic heterocycles. The minimum Gasteiger partial charge on any atom is -0.369 e. The number of nitrogens with two attached hydrogens (primary N) is 1. The molecular formula is C16H15N5OS. The molecule has 2 N–H and O–H groups in total. The van der Waals surface area contributed by atoms with E-state index in [1.807, 2.05) is 47.9 Å². The molecule has 0 atom stereocenters. The van der Waals surface area contributed by atoms with E-state index < -0.39 is 0 Å². The number of aromatic nitrogens is 4. The van der Waals surface area contributed by atoms with Crippen molar-refractivity contribution in [1.82, 2.24) is 19.7 Å². The van der Waals surface area contributed by atoms with E-state index in [9.17, 15) is 4.79 Å². The summed E-state index contributed by atoms with van der Waals surface area (Å²) in [5.41, 5.74) is 8.24. The predicted octanol–water partition coefficient (Wildman–Crippen LogP) is 2.22. The Bertz CT molecular complexity index is 814. The Kier molecular flexibility index (Phi) is 4.38. The number of carbonyl (C=O) groups is 1. The molecule has 2 aromatic heterocycles. The second-order valence-corrected chi connectivity index (χ2v) is 5.91. The Hall–Kier alpha value is -2.67. The molecule has 3 aromatic rings. The van der Waals surface area contributed by atoms with Gasteiger partial charge in [-0.3, -0.25) is 14.3 Å². The van der Waals surface area contributed by atoms with Crippen LogP contribution in [0.15, 0.2) is 53.9 Å². The summed E-state index contributed by atoms with van der Waals surface area (Å²) in [4.78, 5) is 15.1. The van der Waals surface area contributed by atoms with E-state index in [1.165, 1.54) is 17.3 Å². The summed E-state index contributed by atoms with van der Waals surface area (Å²) in [6.07, 6.45) is 3.42. The lowest BCUT2D eigenvalue weighted by Crippen LogP contribution is -2.13. The zero-order valence-electron chi connectivity index (χ0n) is 12.5. The molecule has 1 amide bonds. The van der Waals surface area contributed by atoms with Crippen LogP contribution in [-0.2, 0) is 4.79 Å². The van der Waals surface area contributed by atoms with E-state index >= 15 is 0 Å². The van der Waals surface area contributed by atoms with Crippen LogP contribution in [0.5, 0.6) is 0 Å². The Labute approximate surface area is 137 Å². The van der Waals surface area contributed by atoms with Gasteiger partial charge in [-0.15, -0.1) is 10.2 Å². The average molecular weight is 325 g/mol. The van der Waals surface area contributed by atoms with E-state index in [-0.39, 0.29) is 11.7 Å². The zero-order valence-corrected chi connectivity index (χ0v) is 13.3. The van der Waals surface area contributed by atoms with Crippen LogP contribution in [0, 0.1) is 6.92 Å². The standard InChI is InChI=1S/C16H15N5OS/c1-11-2-4-13(5-3-11)21-15(12-6-8-18-9-7-12)19-20-16(21)23-10-14(17)22/h2-9H,10H2,1H3,(H2,17,22). The van der Waals surface area contributed by atoms with Gasteiger partial charge in [0.25, 0.3) is 0 Å². The van der Waals surface area contributed by atoms with Crippen molar-refractivity contribution in [3.63, 3.8) is 0 Å². The maximum atomic E-state index is 11.1. The summed E-state index contributed by atoms with van der Waals surface area (Å²) in [5.74, 6) is 0.461. The molecule has 0 aliphatic carbocycles. The second kappa shape index (κ2) is 6.62. The summed E-state index contributed by atoms with van der Waals surface area (Å²) in [7, 11) is 0. The number of amides is 1. The molecule has 3 rings (SSSR count). The van der Waals surface area contributed by atoms with Gasteiger partial charge in [-0.25, -0.2) is 0 Å². The Balaban J connectivity index is 2.10. The molecule has 0 aliphatic rings. The predicted molar refractivity (Wildman–Crippen MR) is 89.2 cm³/mol. The molecule has 116 valence electrons. The fourth-order valence-electron chi connectivity index (χ4n) is 2.11. The molecule has 7 heteroatoms. The van der Waals surface area contributed by atoms with Crippen molar-refractivity contribution in [1.29, 1.82) is 0 Å². The molecule has 2 heterocycles. The van der Waals surface area contributed by atoms with E-state index in [2.05, 4.69) is 15.2 Å². The quantitative estimate of drug-likeness (QED) is 0.727. The molecular weight excluding hydrogens is 310 g/mol. The molecule has 0 fully saturated rings. The summed E-state index contributed by atoms with van der Waals surface area (Å²) in [6, 6.07) is 11.8. The highest BCUT2D eigenvalue weighted by molar-refractivity contribution is 7.99. The van der Waals surface area contributed by atoms with Crippen molar-refractivity contribution in [2.75, 3.05) is 5.75 Å². The Morgan fingerprint density at radius 2 is 1.83 bits per heavy atom. The number of hydrogen-bond donors (Lipinski definition) is 1. The van der Waals surface area contributed by atoms with Gasteiger partial charge in [0.1, 0.15) is 0 Å². The first-order valence-corrected chi connectivity index (χ1v) is 7.97. The third-order valence-electron chi connectivity index (χ3n) is 3.21. The van der Waals surface area contributed by atoms with Crippen LogP contribution in [0.4, 0.5) is 0 Å². The summed E-state index contributed by atoms with van der Waals surface area (Å²) in [5, 5.41) is 9.11. The third kappa shape index (κ3) is 3.40. The highest BCUT2D eigenvalue weighted by Crippen LogP contribution is 2.27. The van der Waals surface area contributed by atoms with Crippen molar-refractivity contribution in [3.8, 4) is 17.1 Å². The number of nitrogens with zero attached hydrogens (tertiary/aromatic N) is 4. The van der Waals surface area contributed by atoms with Crippen molar-refractivity contribution >= 4 is 17.7 Å². The summed E-state index contributed by atoms with van der Waals surface area (Å²) in [6.45, 7) is 2.03. The maximum Gasteiger partial charge on any atom is 0.227 e. The van der Waals surface area contributed by atoms with E-state index in [0.29, 0.717) is 11.0 Å². The molecule has 0 saturated carbocycles. The molecule has 1 aromatic carbocycles. The van der Waals surface area contributed by atoms with Gasteiger partial charge in [-0.2, -0.15) is 0 Å². The van der Waals surface area contributed by atoms with Gasteiger partial charge in [0.15, 0.2) is 11.0 Å². The van der Waals surface area contributed by atoms with Crippen LogP contribution in [0.3, 0.4) is 0 Å². The van der Waals surface area contributed by atoms with Gasteiger partial charge in [0.2, 0.25) is 5.91 Å². The smallest absolute Gasteiger partial charge is 0.227 e. The number of benzene rings is 1. The number of pyridine rings is 1. The number of aryl methyl sites for hydroxylation is 1. The first-order valence-electron chi connectivity index (χ1n) is 6.99. The van der Waals surface area contributed by atoms with Crippen LogP contribution < -0.4 is 5.73 Å². The first kappa shape index (κ1) is 15.2. The topological polar surface area (TPSA) is 86.7 Å². The highest BCUT2D eigenvalue weighted by atomic mass is 32.2. The molecule has 0 spiro atoms. The van der Waals surface area contributed by atoms with Gasteiger partial charge in [0, 0.05) is 23.6 Å². The number of carbonyl (C=O) groups excluding carboxylic acids is 1. The third-order valence-corrected chi connectivity index (χ3v) is 4.16. The van der Waals surface area contributed by atoms with Crippen LogP contribution in [0.1, 0.15) is 5.56 Å². The SMILES string of the molecule is Cc1ccc(-n2c(SCC(N)=O)nnc2-c2ccncc2)cc1. The molecule has 0 saturated heterocycles. The first-order chi connectivity index (χ1) is 11.1. The van der Waals surface area contributed by atoms with E-state index in [4.69, 9.17) is 5.73 Å². The zero-order chi connectivity index (χ0) is 16.2. The average Bonchev–Trinajstić information content (AvgIpc) is 2.98. The number of thioether (sulfide) groups is 1. The fraction of sp³-hybridized carbons (Fsp3) is 0.125. The normalized spacial score (nSPS) is 10.7. The minimum atomic E-state index is -0.390. The van der Waals surface area contributed by atoms with Crippen LogP contribution >= 0.6 is 11.8 Å². The van der Waals surface area contributed by atoms with Gasteiger partial charge in [0.05, 0.1) is 5.75 Å². The molecule has 0 bridgehead atoms. The van der Waals surface area contributed by atoms with Crippen LogP contribution in [0.2, 0.25) is 0 Å². The fourth-order valence-corrected chi connectivity index (χ4v) is 2.80. The Morgan fingerprint density at radius 1 is 1.13 bits per heavy atom. The van der Waals surface area contributed by atoms with Crippen LogP contribution in [0.25, 0.3) is 17.1 Å². The Morgan fingerprint density at radius 3 is 2.48 bits per heavy atom. The number of primary amides is 1. The van der Waals surface area contributed by atoms with Crippen molar-refractivity contribution in [3.05, 3.63) is 54.4 Å². The largest absolute Gasteiger partial charge is 0.369 e. The summed E-state index contributed by atoms with van der Waals surface area (Å²) >= 11 is 1.27. The van der Waals surface area contributed by atoms with Crippen molar-refractivity contribution in [2.45, 2.75) is 12.1 Å². The van der Waals surface area contributed by atoms with E-state index in [0.717, 1.165) is 11.3 Å².